The number of pyridine rings is 1. The first kappa shape index (κ1) is 25.3. The van der Waals surface area contributed by atoms with Crippen LogP contribution in [0.3, 0.4) is 0 Å². The van der Waals surface area contributed by atoms with Crippen LogP contribution in [0.4, 0.5) is 10.2 Å². The highest BCUT2D eigenvalue weighted by Crippen LogP contribution is 2.40. The second-order valence-corrected chi connectivity index (χ2v) is 10.7. The number of anilines is 1. The van der Waals surface area contributed by atoms with Gasteiger partial charge in [0.1, 0.15) is 22.5 Å². The van der Waals surface area contributed by atoms with Gasteiger partial charge in [0.2, 0.25) is 11.8 Å². The number of carbonyl (C=O) groups excluding carboxylic acids is 3. The van der Waals surface area contributed by atoms with Gasteiger partial charge in [-0.15, -0.1) is 0 Å². The lowest BCUT2D eigenvalue weighted by atomic mass is 9.82. The van der Waals surface area contributed by atoms with Crippen molar-refractivity contribution >= 4 is 34.6 Å². The van der Waals surface area contributed by atoms with E-state index in [1.807, 2.05) is 12.1 Å². The number of hydrogen-bond acceptors (Lipinski definition) is 8. The number of fused-ring (bicyclic) bond motifs is 2. The van der Waals surface area contributed by atoms with E-state index in [0.717, 1.165) is 32.0 Å². The minimum Gasteiger partial charge on any atom is -0.494 e. The predicted molar refractivity (Wildman–Crippen MR) is 140 cm³/mol. The third kappa shape index (κ3) is 4.12. The molecule has 0 spiro atoms. The summed E-state index contributed by atoms with van der Waals surface area (Å²) in [6.07, 6.45) is -0.193. The van der Waals surface area contributed by atoms with E-state index in [4.69, 9.17) is 14.1 Å². The number of aromatic nitrogens is 1. The van der Waals surface area contributed by atoms with Crippen LogP contribution in [0.25, 0.3) is 11.1 Å². The van der Waals surface area contributed by atoms with Crippen LogP contribution in [-0.2, 0) is 21.5 Å². The third-order valence-electron chi connectivity index (χ3n) is 8.08. The molecule has 39 heavy (non-hydrogen) atoms. The minimum atomic E-state index is -1.46. The Morgan fingerprint density at radius 3 is 2.56 bits per heavy atom. The number of rotatable bonds is 6. The Morgan fingerprint density at radius 2 is 1.90 bits per heavy atom. The molecule has 0 radical (unpaired) electrons. The molecule has 3 aliphatic rings. The number of piperazine rings is 1. The summed E-state index contributed by atoms with van der Waals surface area (Å²) in [5.74, 6) is -1.29. The lowest BCUT2D eigenvalue weighted by Crippen LogP contribution is -2.49. The fourth-order valence-corrected chi connectivity index (χ4v) is 5.85. The molecule has 1 N–H and O–H groups in total. The molecule has 3 aliphatic heterocycles. The van der Waals surface area contributed by atoms with Gasteiger partial charge in [0, 0.05) is 51.4 Å². The molecule has 0 bridgehead atoms. The Morgan fingerprint density at radius 1 is 1.13 bits per heavy atom. The number of amides is 3. The van der Waals surface area contributed by atoms with Gasteiger partial charge in [-0.25, -0.2) is 9.37 Å². The van der Waals surface area contributed by atoms with Crippen LogP contribution in [-0.4, -0.2) is 78.4 Å². The van der Waals surface area contributed by atoms with Crippen LogP contribution >= 0.6 is 0 Å². The van der Waals surface area contributed by atoms with Crippen LogP contribution in [0.2, 0.25) is 0 Å². The smallest absolute Gasteiger partial charge is 0.257 e. The molecule has 3 amide bonds. The number of halogens is 1. The molecule has 1 aromatic carbocycles. The summed E-state index contributed by atoms with van der Waals surface area (Å²) < 4.78 is 26.1. The topological polar surface area (TPSA) is 108 Å². The van der Waals surface area contributed by atoms with E-state index in [1.54, 1.807) is 12.1 Å². The molecule has 0 unspecified atom stereocenters. The van der Waals surface area contributed by atoms with Crippen LogP contribution in [0.15, 0.2) is 34.7 Å². The Balaban J connectivity index is 1.31. The van der Waals surface area contributed by atoms with Crippen LogP contribution in [0.1, 0.15) is 41.9 Å². The number of nitrogens with zero attached hydrogens (tertiary/aromatic N) is 4. The van der Waals surface area contributed by atoms with Crippen LogP contribution in [0.5, 0.6) is 5.75 Å². The van der Waals surface area contributed by atoms with Crippen molar-refractivity contribution in [2.45, 2.75) is 38.3 Å². The lowest BCUT2D eigenvalue weighted by molar-refractivity contribution is -0.127. The number of furan rings is 1. The molecule has 0 saturated carbocycles. The highest BCUT2D eigenvalue weighted by Gasteiger charge is 2.53. The maximum atomic E-state index is 14.9. The molecule has 204 valence electrons. The van der Waals surface area contributed by atoms with Crippen molar-refractivity contribution in [3.05, 3.63) is 53.0 Å². The van der Waals surface area contributed by atoms with Gasteiger partial charge in [0.05, 0.1) is 19.1 Å². The van der Waals surface area contributed by atoms with Crippen molar-refractivity contribution in [3.8, 4) is 5.75 Å². The fraction of sp³-hybridized carbons (Fsp3) is 0.429. The van der Waals surface area contributed by atoms with E-state index >= 15 is 0 Å². The van der Waals surface area contributed by atoms with E-state index in [9.17, 15) is 18.8 Å². The Labute approximate surface area is 224 Å². The molecule has 3 aromatic rings. The number of benzene rings is 1. The number of methoxy groups -OCH3 is 1. The summed E-state index contributed by atoms with van der Waals surface area (Å²) in [7, 11) is 1.33. The van der Waals surface area contributed by atoms with E-state index in [1.165, 1.54) is 18.1 Å². The third-order valence-corrected chi connectivity index (χ3v) is 8.08. The molecule has 10 nitrogen and oxygen atoms in total. The fourth-order valence-electron chi connectivity index (χ4n) is 5.85. The maximum absolute atomic E-state index is 14.9. The molecule has 1 atom stereocenters. The summed E-state index contributed by atoms with van der Waals surface area (Å²) in [5, 5.41) is 2.36. The standard InChI is InChI=1S/C28H30FN5O5/c1-16(2)32-8-10-33(11-9-32)22-7-6-19-18(30-22)12-21(39-19)28(13-23(35)31-27(28)37)15-34-14-17-4-5-20(38-3)25(29)24(17)26(34)36/h4-7,12,16H,8-11,13-15H2,1-3H3,(H,31,35,37)/t28-/m1/s1. The van der Waals surface area contributed by atoms with E-state index in [-0.39, 0.29) is 36.6 Å². The molecule has 0 aliphatic carbocycles. The van der Waals surface area contributed by atoms with Crippen molar-refractivity contribution in [1.29, 1.82) is 0 Å². The van der Waals surface area contributed by atoms with Crippen molar-refractivity contribution in [2.24, 2.45) is 0 Å². The lowest BCUT2D eigenvalue weighted by Gasteiger charge is -2.37. The van der Waals surface area contributed by atoms with Gasteiger partial charge in [0.15, 0.2) is 17.1 Å². The van der Waals surface area contributed by atoms with Gasteiger partial charge in [-0.05, 0) is 37.6 Å². The van der Waals surface area contributed by atoms with Gasteiger partial charge < -0.3 is 19.0 Å². The summed E-state index contributed by atoms with van der Waals surface area (Å²) in [6.45, 7) is 7.91. The normalized spacial score (nSPS) is 21.8. The molecule has 2 aromatic heterocycles. The van der Waals surface area contributed by atoms with Crippen molar-refractivity contribution in [3.63, 3.8) is 0 Å². The second kappa shape index (κ2) is 9.33. The zero-order valence-electron chi connectivity index (χ0n) is 22.1. The first-order valence-electron chi connectivity index (χ1n) is 13.1. The summed E-state index contributed by atoms with van der Waals surface area (Å²) >= 11 is 0. The Hall–Kier alpha value is -3.99. The highest BCUT2D eigenvalue weighted by atomic mass is 19.1. The molecular formula is C28H30FN5O5. The highest BCUT2D eigenvalue weighted by molar-refractivity contribution is 6.10. The monoisotopic (exact) mass is 535 g/mol. The first-order chi connectivity index (χ1) is 18.7. The Kier molecular flexibility index (Phi) is 6.05. The molecule has 11 heteroatoms. The van der Waals surface area contributed by atoms with Gasteiger partial charge in [-0.2, -0.15) is 0 Å². The van der Waals surface area contributed by atoms with Gasteiger partial charge in [-0.1, -0.05) is 6.07 Å². The number of nitrogens with one attached hydrogen (secondary N) is 1. The van der Waals surface area contributed by atoms with Crippen molar-refractivity contribution in [2.75, 3.05) is 44.7 Å². The molecule has 5 heterocycles. The number of hydrogen-bond donors (Lipinski definition) is 1. The van der Waals surface area contributed by atoms with E-state index < -0.39 is 29.0 Å². The molecule has 6 rings (SSSR count). The molecular weight excluding hydrogens is 505 g/mol. The summed E-state index contributed by atoms with van der Waals surface area (Å²) in [6, 6.07) is 8.98. The van der Waals surface area contributed by atoms with Crippen molar-refractivity contribution in [1.82, 2.24) is 20.1 Å². The maximum Gasteiger partial charge on any atom is 0.257 e. The van der Waals surface area contributed by atoms with Crippen LogP contribution in [0, 0.1) is 5.82 Å². The van der Waals surface area contributed by atoms with Gasteiger partial charge in [0.25, 0.3) is 5.91 Å². The molecule has 2 saturated heterocycles. The average molecular weight is 536 g/mol. The second-order valence-electron chi connectivity index (χ2n) is 10.7. The zero-order chi connectivity index (χ0) is 27.5. The van der Waals surface area contributed by atoms with E-state index in [2.05, 4.69) is 29.0 Å². The quantitative estimate of drug-likeness (QED) is 0.480. The number of imide groups is 1. The largest absolute Gasteiger partial charge is 0.494 e. The average Bonchev–Trinajstić information content (AvgIpc) is 3.57. The predicted octanol–water partition coefficient (Wildman–Crippen LogP) is 2.45. The SMILES string of the molecule is COc1ccc2c(c1F)C(=O)N(C[C@@]1(c3cc4nc(N5CCN(C(C)C)CC5)ccc4o3)CC(=O)NC1=O)C2. The van der Waals surface area contributed by atoms with Crippen molar-refractivity contribution < 1.29 is 27.9 Å². The Bertz CT molecular complexity index is 1490. The van der Waals surface area contributed by atoms with E-state index in [0.29, 0.717) is 22.7 Å². The molecule has 2 fully saturated rings. The summed E-state index contributed by atoms with van der Waals surface area (Å²) in [5.41, 5.74) is -0.00607. The van der Waals surface area contributed by atoms with Gasteiger partial charge >= 0.3 is 0 Å². The summed E-state index contributed by atoms with van der Waals surface area (Å²) in [4.78, 5) is 49.8. The minimum absolute atomic E-state index is 0.0303. The number of carbonyl (C=O) groups is 3. The first-order valence-corrected chi connectivity index (χ1v) is 13.1. The zero-order valence-corrected chi connectivity index (χ0v) is 22.1. The van der Waals surface area contributed by atoms with Gasteiger partial charge in [-0.3, -0.25) is 24.6 Å². The van der Waals surface area contributed by atoms with Crippen LogP contribution < -0.4 is 15.0 Å². The number of ether oxygens (including phenoxy) is 1.